The average Bonchev–Trinajstić information content (AvgIpc) is 2.32. The van der Waals surface area contributed by atoms with E-state index < -0.39 is 0 Å². The lowest BCUT2D eigenvalue weighted by atomic mass is 10.2. The molecule has 0 fully saturated rings. The molecule has 1 aromatic rings. The van der Waals surface area contributed by atoms with Crippen molar-refractivity contribution in [2.45, 2.75) is 33.4 Å². The van der Waals surface area contributed by atoms with Crippen molar-refractivity contribution in [1.29, 1.82) is 0 Å². The molecule has 1 rings (SSSR count). The zero-order valence-corrected chi connectivity index (χ0v) is 11.4. The van der Waals surface area contributed by atoms with E-state index in [1.54, 1.807) is 6.07 Å². The minimum Gasteiger partial charge on any atom is -0.491 e. The molecular weight excluding hydrogens is 231 g/mol. The van der Waals surface area contributed by atoms with E-state index in [2.05, 4.69) is 24.5 Å². The van der Waals surface area contributed by atoms with Gasteiger partial charge < -0.3 is 15.4 Å². The van der Waals surface area contributed by atoms with Crippen LogP contribution in [0.15, 0.2) is 18.2 Å². The molecule has 0 saturated carbocycles. The highest BCUT2D eigenvalue weighted by Gasteiger charge is 2.03. The van der Waals surface area contributed by atoms with E-state index in [0.29, 0.717) is 24.9 Å². The van der Waals surface area contributed by atoms with Gasteiger partial charge in [-0.05, 0) is 24.6 Å². The van der Waals surface area contributed by atoms with Crippen LogP contribution in [0.4, 0.5) is 4.39 Å². The Labute approximate surface area is 109 Å². The van der Waals surface area contributed by atoms with Gasteiger partial charge >= 0.3 is 0 Å². The maximum absolute atomic E-state index is 13.6. The summed E-state index contributed by atoms with van der Waals surface area (Å²) in [6.07, 6.45) is 0. The zero-order valence-electron chi connectivity index (χ0n) is 11.4. The Morgan fingerprint density at radius 2 is 2.06 bits per heavy atom. The smallest absolute Gasteiger partial charge is 0.165 e. The summed E-state index contributed by atoms with van der Waals surface area (Å²) < 4.78 is 18.7. The second kappa shape index (κ2) is 8.06. The number of rotatable bonds is 8. The molecule has 102 valence electrons. The molecule has 3 nitrogen and oxygen atoms in total. The fourth-order valence-corrected chi connectivity index (χ4v) is 1.61. The SMILES string of the molecule is CCOc1ccc(CNCCNC(C)C)cc1F. The molecule has 0 bridgehead atoms. The Kier molecular flexibility index (Phi) is 6.68. The Bertz CT molecular complexity index is 356. The van der Waals surface area contributed by atoms with Crippen molar-refractivity contribution < 1.29 is 9.13 Å². The highest BCUT2D eigenvalue weighted by molar-refractivity contribution is 5.29. The fourth-order valence-electron chi connectivity index (χ4n) is 1.61. The molecule has 0 aliphatic heterocycles. The van der Waals surface area contributed by atoms with Crippen molar-refractivity contribution in [3.63, 3.8) is 0 Å². The maximum atomic E-state index is 13.6. The van der Waals surface area contributed by atoms with E-state index in [1.807, 2.05) is 13.0 Å². The predicted octanol–water partition coefficient (Wildman–Crippen LogP) is 2.31. The van der Waals surface area contributed by atoms with Crippen LogP contribution in [0.1, 0.15) is 26.3 Å². The number of ether oxygens (including phenoxy) is 1. The van der Waals surface area contributed by atoms with E-state index in [9.17, 15) is 4.39 Å². The summed E-state index contributed by atoms with van der Waals surface area (Å²) in [6, 6.07) is 5.59. The van der Waals surface area contributed by atoms with Gasteiger partial charge in [-0.3, -0.25) is 0 Å². The van der Waals surface area contributed by atoms with E-state index in [4.69, 9.17) is 4.74 Å². The van der Waals surface area contributed by atoms with Gasteiger partial charge in [0.1, 0.15) is 0 Å². The quantitative estimate of drug-likeness (QED) is 0.698. The van der Waals surface area contributed by atoms with E-state index in [0.717, 1.165) is 18.7 Å². The standard InChI is InChI=1S/C14H23FN2O/c1-4-18-14-6-5-12(9-13(14)15)10-16-7-8-17-11(2)3/h5-6,9,11,16-17H,4,7-8,10H2,1-3H3. The Balaban J connectivity index is 2.32. The average molecular weight is 254 g/mol. The van der Waals surface area contributed by atoms with Gasteiger partial charge in [0.25, 0.3) is 0 Å². The molecule has 1 aromatic carbocycles. The topological polar surface area (TPSA) is 33.3 Å². The van der Waals surface area contributed by atoms with Crippen LogP contribution in [-0.2, 0) is 6.54 Å². The third kappa shape index (κ3) is 5.47. The largest absolute Gasteiger partial charge is 0.491 e. The van der Waals surface area contributed by atoms with Crippen LogP contribution in [0, 0.1) is 5.82 Å². The zero-order chi connectivity index (χ0) is 13.4. The van der Waals surface area contributed by atoms with E-state index >= 15 is 0 Å². The molecule has 4 heteroatoms. The fraction of sp³-hybridized carbons (Fsp3) is 0.571. The molecule has 0 spiro atoms. The predicted molar refractivity (Wildman–Crippen MR) is 72.4 cm³/mol. The second-order valence-corrected chi connectivity index (χ2v) is 4.48. The van der Waals surface area contributed by atoms with Crippen molar-refractivity contribution in [2.75, 3.05) is 19.7 Å². The van der Waals surface area contributed by atoms with Crippen molar-refractivity contribution in [3.8, 4) is 5.75 Å². The highest BCUT2D eigenvalue weighted by Crippen LogP contribution is 2.18. The molecule has 0 saturated heterocycles. The Hall–Kier alpha value is -1.13. The number of hydrogen-bond acceptors (Lipinski definition) is 3. The highest BCUT2D eigenvalue weighted by atomic mass is 19.1. The van der Waals surface area contributed by atoms with Gasteiger partial charge in [-0.15, -0.1) is 0 Å². The second-order valence-electron chi connectivity index (χ2n) is 4.48. The molecule has 2 N–H and O–H groups in total. The van der Waals surface area contributed by atoms with Crippen LogP contribution < -0.4 is 15.4 Å². The Morgan fingerprint density at radius 1 is 1.28 bits per heavy atom. The first-order chi connectivity index (χ1) is 8.63. The van der Waals surface area contributed by atoms with E-state index in [-0.39, 0.29) is 5.82 Å². The lowest BCUT2D eigenvalue weighted by Crippen LogP contribution is -2.31. The molecule has 0 aliphatic carbocycles. The number of halogens is 1. The van der Waals surface area contributed by atoms with Crippen molar-refractivity contribution in [3.05, 3.63) is 29.6 Å². The third-order valence-electron chi connectivity index (χ3n) is 2.48. The number of benzene rings is 1. The molecule has 18 heavy (non-hydrogen) atoms. The molecule has 0 radical (unpaired) electrons. The van der Waals surface area contributed by atoms with Gasteiger partial charge in [0.05, 0.1) is 6.61 Å². The minimum absolute atomic E-state index is 0.295. The van der Waals surface area contributed by atoms with Gasteiger partial charge in [-0.25, -0.2) is 4.39 Å². The normalized spacial score (nSPS) is 10.9. The van der Waals surface area contributed by atoms with Crippen molar-refractivity contribution in [2.24, 2.45) is 0 Å². The molecule has 0 amide bonds. The van der Waals surface area contributed by atoms with Crippen LogP contribution in [0.2, 0.25) is 0 Å². The molecular formula is C14H23FN2O. The summed E-state index contributed by atoms with van der Waals surface area (Å²) in [6.45, 7) is 9.00. The number of hydrogen-bond donors (Lipinski definition) is 2. The first kappa shape index (κ1) is 14.9. The summed E-state index contributed by atoms with van der Waals surface area (Å²) in [5, 5.41) is 6.58. The third-order valence-corrected chi connectivity index (χ3v) is 2.48. The van der Waals surface area contributed by atoms with Crippen LogP contribution in [-0.4, -0.2) is 25.7 Å². The molecule has 0 heterocycles. The lowest BCUT2D eigenvalue weighted by molar-refractivity contribution is 0.321. The van der Waals surface area contributed by atoms with Crippen LogP contribution in [0.3, 0.4) is 0 Å². The van der Waals surface area contributed by atoms with E-state index in [1.165, 1.54) is 6.07 Å². The van der Waals surface area contributed by atoms with Crippen molar-refractivity contribution in [1.82, 2.24) is 10.6 Å². The first-order valence-electron chi connectivity index (χ1n) is 6.48. The van der Waals surface area contributed by atoms with Crippen LogP contribution in [0.5, 0.6) is 5.75 Å². The summed E-state index contributed by atoms with van der Waals surface area (Å²) in [4.78, 5) is 0. The summed E-state index contributed by atoms with van der Waals surface area (Å²) in [5.41, 5.74) is 0.931. The minimum atomic E-state index is -0.295. The molecule has 0 unspecified atom stereocenters. The Morgan fingerprint density at radius 3 is 2.67 bits per heavy atom. The van der Waals surface area contributed by atoms with Gasteiger partial charge in [0.15, 0.2) is 11.6 Å². The molecule has 0 atom stereocenters. The monoisotopic (exact) mass is 254 g/mol. The van der Waals surface area contributed by atoms with Crippen LogP contribution >= 0.6 is 0 Å². The summed E-state index contributed by atoms with van der Waals surface area (Å²) in [7, 11) is 0. The van der Waals surface area contributed by atoms with Gasteiger partial charge in [-0.1, -0.05) is 19.9 Å². The van der Waals surface area contributed by atoms with Crippen LogP contribution in [0.25, 0.3) is 0 Å². The number of nitrogens with one attached hydrogen (secondary N) is 2. The maximum Gasteiger partial charge on any atom is 0.165 e. The van der Waals surface area contributed by atoms with Gasteiger partial charge in [0.2, 0.25) is 0 Å². The summed E-state index contributed by atoms with van der Waals surface area (Å²) in [5.74, 6) is 0.0270. The molecule has 0 aliphatic rings. The lowest BCUT2D eigenvalue weighted by Gasteiger charge is -2.10. The molecule has 0 aromatic heterocycles. The van der Waals surface area contributed by atoms with Crippen molar-refractivity contribution >= 4 is 0 Å². The summed E-state index contributed by atoms with van der Waals surface area (Å²) >= 11 is 0. The first-order valence-corrected chi connectivity index (χ1v) is 6.48. The van der Waals surface area contributed by atoms with Gasteiger partial charge in [-0.2, -0.15) is 0 Å². The van der Waals surface area contributed by atoms with Gasteiger partial charge in [0, 0.05) is 25.7 Å².